The van der Waals surface area contributed by atoms with Crippen molar-refractivity contribution in [2.24, 2.45) is 5.16 Å². The van der Waals surface area contributed by atoms with Crippen molar-refractivity contribution in [2.75, 3.05) is 25.2 Å². The minimum absolute atomic E-state index is 0.139. The lowest BCUT2D eigenvalue weighted by Gasteiger charge is -2.49. The Balaban J connectivity index is 1.48. The van der Waals surface area contributed by atoms with E-state index in [1.807, 2.05) is 0 Å². The van der Waals surface area contributed by atoms with Crippen LogP contribution in [0.2, 0.25) is 0 Å². The number of carbonyl (C=O) groups is 3. The van der Waals surface area contributed by atoms with E-state index in [9.17, 15) is 19.5 Å². The molecule has 2 aliphatic rings. The van der Waals surface area contributed by atoms with Crippen LogP contribution in [0, 0.1) is 0 Å². The first-order valence-electron chi connectivity index (χ1n) is 10.1. The van der Waals surface area contributed by atoms with Gasteiger partial charge in [0.2, 0.25) is 5.16 Å². The maximum atomic E-state index is 12.9. The second-order valence-corrected chi connectivity index (χ2v) is 9.93. The molecule has 4 heterocycles. The van der Waals surface area contributed by atoms with E-state index in [1.54, 1.807) is 11.5 Å². The standard InChI is InChI=1S/C18H19N9O6S3/c1-33-23-10(9-7-36-17(19)20-9)13(29)21-11-14(30)27-12(16(31)32)8(6-35-15(11)27)2-5-34-18-22-24-25-26(18)3-4-28/h2,5,7,11,15,28H,3-4,6H2,1H3,(H2,19,20)(H,21,29)(H,31,32)/b5-2+,23-10-. The Morgan fingerprint density at radius 3 is 2.94 bits per heavy atom. The van der Waals surface area contributed by atoms with E-state index >= 15 is 0 Å². The first-order valence-corrected chi connectivity index (χ1v) is 12.9. The van der Waals surface area contributed by atoms with Crippen molar-refractivity contribution in [3.8, 4) is 0 Å². The van der Waals surface area contributed by atoms with Crippen molar-refractivity contribution in [3.05, 3.63) is 33.8 Å². The lowest BCUT2D eigenvalue weighted by molar-refractivity contribution is -0.150. The van der Waals surface area contributed by atoms with Crippen LogP contribution < -0.4 is 11.1 Å². The van der Waals surface area contributed by atoms with E-state index in [4.69, 9.17) is 15.7 Å². The maximum absolute atomic E-state index is 12.9. The summed E-state index contributed by atoms with van der Waals surface area (Å²) >= 11 is 3.56. The number of carboxylic acid groups (broad SMARTS) is 1. The van der Waals surface area contributed by atoms with Gasteiger partial charge in [-0.05, 0) is 27.5 Å². The van der Waals surface area contributed by atoms with Crippen molar-refractivity contribution < 1.29 is 29.4 Å². The molecule has 15 nitrogen and oxygen atoms in total. The van der Waals surface area contributed by atoms with Gasteiger partial charge in [-0.15, -0.1) is 28.2 Å². The number of aliphatic hydroxyl groups excluding tert-OH is 1. The molecule has 1 saturated heterocycles. The summed E-state index contributed by atoms with van der Waals surface area (Å²) in [5, 5.41) is 39.5. The Morgan fingerprint density at radius 1 is 1.47 bits per heavy atom. The molecule has 0 spiro atoms. The topological polar surface area (TPSA) is 211 Å². The fourth-order valence-electron chi connectivity index (χ4n) is 3.37. The highest BCUT2D eigenvalue weighted by Crippen LogP contribution is 2.41. The van der Waals surface area contributed by atoms with Crippen LogP contribution in [-0.4, -0.2) is 94.7 Å². The minimum atomic E-state index is -1.27. The number of allylic oxidation sites excluding steroid dienone is 1. The summed E-state index contributed by atoms with van der Waals surface area (Å²) in [6.45, 7) is 0.0753. The first kappa shape index (κ1) is 25.6. The summed E-state index contributed by atoms with van der Waals surface area (Å²) in [6, 6.07) is -0.960. The Morgan fingerprint density at radius 2 is 2.28 bits per heavy atom. The zero-order chi connectivity index (χ0) is 25.8. The minimum Gasteiger partial charge on any atom is -0.477 e. The molecule has 18 heteroatoms. The number of carbonyl (C=O) groups excluding carboxylic acids is 2. The number of anilines is 1. The summed E-state index contributed by atoms with van der Waals surface area (Å²) in [6.07, 6.45) is 1.57. The number of aliphatic hydroxyl groups is 1. The number of tetrazole rings is 1. The number of β-lactam (4-membered cyclic amide) rings is 1. The van der Waals surface area contributed by atoms with Crippen LogP contribution in [0.3, 0.4) is 0 Å². The van der Waals surface area contributed by atoms with Gasteiger partial charge < -0.3 is 26.1 Å². The number of hydrogen-bond donors (Lipinski definition) is 4. The van der Waals surface area contributed by atoms with Crippen LogP contribution in [-0.2, 0) is 25.8 Å². The average Bonchev–Trinajstić information content (AvgIpc) is 3.49. The molecule has 4 rings (SSSR count). The molecule has 0 aromatic carbocycles. The molecule has 0 aliphatic carbocycles. The number of carboxylic acids is 1. The van der Waals surface area contributed by atoms with Crippen LogP contribution in [0.15, 0.2) is 38.4 Å². The number of thiazole rings is 1. The third-order valence-electron chi connectivity index (χ3n) is 4.90. The number of nitrogens with one attached hydrogen (secondary N) is 1. The summed E-state index contributed by atoms with van der Waals surface area (Å²) < 4.78 is 1.40. The molecule has 2 amide bonds. The van der Waals surface area contributed by atoms with E-state index in [2.05, 4.69) is 31.0 Å². The number of aliphatic carboxylic acids is 1. The largest absolute Gasteiger partial charge is 0.477 e. The van der Waals surface area contributed by atoms with Crippen molar-refractivity contribution in [2.45, 2.75) is 23.1 Å². The van der Waals surface area contributed by atoms with Crippen LogP contribution >= 0.6 is 34.9 Å². The lowest BCUT2D eigenvalue weighted by atomic mass is 10.0. The number of aromatic nitrogens is 5. The van der Waals surface area contributed by atoms with Crippen molar-refractivity contribution in [3.63, 3.8) is 0 Å². The van der Waals surface area contributed by atoms with E-state index in [0.717, 1.165) is 28.0 Å². The third-order valence-corrected chi connectivity index (χ3v) is 7.65. The van der Waals surface area contributed by atoms with Crippen molar-refractivity contribution in [1.82, 2.24) is 35.4 Å². The monoisotopic (exact) mass is 553 g/mol. The number of thioether (sulfide) groups is 2. The molecule has 0 radical (unpaired) electrons. The van der Waals surface area contributed by atoms with E-state index in [-0.39, 0.29) is 41.1 Å². The second kappa shape index (κ2) is 11.1. The van der Waals surface area contributed by atoms with E-state index < -0.39 is 29.2 Å². The highest BCUT2D eigenvalue weighted by molar-refractivity contribution is 8.02. The van der Waals surface area contributed by atoms with Gasteiger partial charge in [-0.25, -0.2) is 14.5 Å². The lowest BCUT2D eigenvalue weighted by Crippen LogP contribution is -2.71. The van der Waals surface area contributed by atoms with Gasteiger partial charge in [-0.3, -0.25) is 14.5 Å². The second-order valence-electron chi connectivity index (χ2n) is 7.06. The molecule has 36 heavy (non-hydrogen) atoms. The summed E-state index contributed by atoms with van der Waals surface area (Å²) in [4.78, 5) is 47.7. The van der Waals surface area contributed by atoms with Gasteiger partial charge in [-0.1, -0.05) is 16.9 Å². The molecular formula is C18H19N9O6S3. The molecule has 1 fully saturated rings. The Hall–Kier alpha value is -3.48. The van der Waals surface area contributed by atoms with Gasteiger partial charge in [0, 0.05) is 11.1 Å². The summed E-state index contributed by atoms with van der Waals surface area (Å²) in [5.41, 5.74) is 5.91. The number of amides is 2. The van der Waals surface area contributed by atoms with Crippen LogP contribution in [0.1, 0.15) is 5.69 Å². The smallest absolute Gasteiger partial charge is 0.352 e. The van der Waals surface area contributed by atoms with Gasteiger partial charge in [0.25, 0.3) is 11.8 Å². The van der Waals surface area contributed by atoms with Gasteiger partial charge in [0.15, 0.2) is 10.8 Å². The van der Waals surface area contributed by atoms with Crippen molar-refractivity contribution in [1.29, 1.82) is 0 Å². The quantitative estimate of drug-likeness (QED) is 0.122. The van der Waals surface area contributed by atoms with Crippen molar-refractivity contribution >= 4 is 63.5 Å². The SMILES string of the molecule is CO/N=C(\C(=O)NC1C(=O)N2C(C(=O)O)=C(/C=C/Sc3nnnn3CCO)CSC12)c1csc(N)n1. The highest BCUT2D eigenvalue weighted by Gasteiger charge is 2.54. The average molecular weight is 554 g/mol. The Labute approximate surface area is 215 Å². The molecule has 0 bridgehead atoms. The maximum Gasteiger partial charge on any atom is 0.352 e. The number of rotatable bonds is 10. The molecule has 2 aromatic heterocycles. The Bertz CT molecular complexity index is 1270. The summed E-state index contributed by atoms with van der Waals surface area (Å²) in [5.74, 6) is -2.27. The predicted molar refractivity (Wildman–Crippen MR) is 130 cm³/mol. The normalized spacial score (nSPS) is 19.9. The van der Waals surface area contributed by atoms with Crippen LogP contribution in [0.25, 0.3) is 0 Å². The van der Waals surface area contributed by atoms with Gasteiger partial charge in [0.05, 0.1) is 13.2 Å². The first-order chi connectivity index (χ1) is 17.3. The summed E-state index contributed by atoms with van der Waals surface area (Å²) in [7, 11) is 1.26. The molecule has 2 aromatic rings. The number of hydrogen-bond acceptors (Lipinski definition) is 14. The molecule has 190 valence electrons. The predicted octanol–water partition coefficient (Wildman–Crippen LogP) is -0.901. The Kier molecular flexibility index (Phi) is 7.87. The number of oxime groups is 1. The fraction of sp³-hybridized carbons (Fsp3) is 0.333. The van der Waals surface area contributed by atoms with Gasteiger partial charge in [-0.2, -0.15) is 0 Å². The molecule has 2 aliphatic heterocycles. The number of fused-ring (bicyclic) bond motifs is 1. The van der Waals surface area contributed by atoms with Crippen LogP contribution in [0.5, 0.6) is 0 Å². The van der Waals surface area contributed by atoms with E-state index in [1.165, 1.54) is 28.9 Å². The number of nitrogens with two attached hydrogens (primary N) is 1. The number of nitrogen functional groups attached to an aromatic ring is 1. The fourth-order valence-corrected chi connectivity index (χ4v) is 5.92. The zero-order valence-electron chi connectivity index (χ0n) is 18.5. The van der Waals surface area contributed by atoms with E-state index in [0.29, 0.717) is 10.7 Å². The highest BCUT2D eigenvalue weighted by atomic mass is 32.2. The molecule has 0 saturated carbocycles. The molecule has 5 N–H and O–H groups in total. The third kappa shape index (κ3) is 5.06. The molecule has 2 atom stereocenters. The van der Waals surface area contributed by atoms with Gasteiger partial charge >= 0.3 is 5.97 Å². The van der Waals surface area contributed by atoms with Gasteiger partial charge in [0.1, 0.15) is 29.9 Å². The van der Waals surface area contributed by atoms with Crippen LogP contribution in [0.4, 0.5) is 5.13 Å². The molecular weight excluding hydrogens is 534 g/mol. The zero-order valence-corrected chi connectivity index (χ0v) is 20.9. The molecule has 2 unspecified atom stereocenters. The number of nitrogens with zero attached hydrogens (tertiary/aromatic N) is 7.